The van der Waals surface area contributed by atoms with Gasteiger partial charge in [-0.2, -0.15) is 0 Å². The number of nitrogens with zero attached hydrogens (tertiary/aromatic N) is 1. The van der Waals surface area contributed by atoms with E-state index in [1.54, 1.807) is 0 Å². The van der Waals surface area contributed by atoms with E-state index >= 15 is 0 Å². The normalized spacial score (nSPS) is 10.4. The van der Waals surface area contributed by atoms with Crippen LogP contribution in [0.5, 0.6) is 0 Å². The molecule has 0 aliphatic heterocycles. The lowest BCUT2D eigenvalue weighted by molar-refractivity contribution is 0.447. The zero-order valence-corrected chi connectivity index (χ0v) is 8.62. The molecule has 0 bridgehead atoms. The molecule has 0 amide bonds. The third-order valence-electron chi connectivity index (χ3n) is 1.97. The van der Waals surface area contributed by atoms with Gasteiger partial charge in [0, 0.05) is 11.3 Å². The van der Waals surface area contributed by atoms with Crippen molar-refractivity contribution in [2.24, 2.45) is 0 Å². The Balaban J connectivity index is 2.61. The smallest absolute Gasteiger partial charge is 0.194 e. The maximum absolute atomic E-state index is 13.0. The van der Waals surface area contributed by atoms with Crippen LogP contribution in [0.15, 0.2) is 24.5 Å². The first-order valence-corrected chi connectivity index (χ1v) is 4.68. The van der Waals surface area contributed by atoms with Crippen molar-refractivity contribution in [3.63, 3.8) is 0 Å². The standard InChI is InChI=1S/C10H5F3N2S/c11-6-1-5(2-7(12)10(6)13)8-3-9(16)15-4-14-8/h1-4H,(H,14,15,16). The average molecular weight is 242 g/mol. The summed E-state index contributed by atoms with van der Waals surface area (Å²) in [6.07, 6.45) is 1.30. The lowest BCUT2D eigenvalue weighted by Gasteiger charge is -2.03. The van der Waals surface area contributed by atoms with Crippen LogP contribution in [0.4, 0.5) is 13.2 Å². The summed E-state index contributed by atoms with van der Waals surface area (Å²) >= 11 is 4.80. The first-order chi connectivity index (χ1) is 7.58. The molecule has 0 unspecified atom stereocenters. The van der Waals surface area contributed by atoms with Crippen LogP contribution in [0.25, 0.3) is 11.3 Å². The van der Waals surface area contributed by atoms with E-state index in [1.165, 1.54) is 12.4 Å². The van der Waals surface area contributed by atoms with Crippen LogP contribution >= 0.6 is 12.2 Å². The summed E-state index contributed by atoms with van der Waals surface area (Å²) in [5, 5.41) is 0. The van der Waals surface area contributed by atoms with Crippen LogP contribution in [-0.4, -0.2) is 9.97 Å². The summed E-state index contributed by atoms with van der Waals surface area (Å²) in [6, 6.07) is 3.21. The molecule has 16 heavy (non-hydrogen) atoms. The third-order valence-corrected chi connectivity index (χ3v) is 2.20. The molecule has 0 aliphatic carbocycles. The highest BCUT2D eigenvalue weighted by Gasteiger charge is 2.11. The van der Waals surface area contributed by atoms with Gasteiger partial charge in [-0.05, 0) is 18.2 Å². The van der Waals surface area contributed by atoms with Gasteiger partial charge < -0.3 is 4.98 Å². The van der Waals surface area contributed by atoms with Crippen LogP contribution in [0.2, 0.25) is 0 Å². The van der Waals surface area contributed by atoms with E-state index in [2.05, 4.69) is 9.97 Å². The number of hydrogen-bond donors (Lipinski definition) is 1. The van der Waals surface area contributed by atoms with Gasteiger partial charge in [0.25, 0.3) is 0 Å². The van der Waals surface area contributed by atoms with E-state index in [1.807, 2.05) is 0 Å². The van der Waals surface area contributed by atoms with Crippen molar-refractivity contribution in [2.45, 2.75) is 0 Å². The number of benzene rings is 1. The largest absolute Gasteiger partial charge is 0.346 e. The topological polar surface area (TPSA) is 28.7 Å². The van der Waals surface area contributed by atoms with Gasteiger partial charge >= 0.3 is 0 Å². The van der Waals surface area contributed by atoms with Crippen LogP contribution in [-0.2, 0) is 0 Å². The Hall–Kier alpha value is -1.69. The maximum Gasteiger partial charge on any atom is 0.194 e. The van der Waals surface area contributed by atoms with E-state index in [9.17, 15) is 13.2 Å². The molecule has 0 spiro atoms. The Morgan fingerprint density at radius 3 is 2.25 bits per heavy atom. The van der Waals surface area contributed by atoms with E-state index in [0.29, 0.717) is 5.69 Å². The lowest BCUT2D eigenvalue weighted by atomic mass is 10.1. The van der Waals surface area contributed by atoms with E-state index < -0.39 is 17.5 Å². The summed E-state index contributed by atoms with van der Waals surface area (Å²) in [7, 11) is 0. The molecule has 0 saturated heterocycles. The molecule has 1 N–H and O–H groups in total. The fourth-order valence-corrected chi connectivity index (χ4v) is 1.42. The van der Waals surface area contributed by atoms with Gasteiger partial charge in [-0.15, -0.1) is 0 Å². The van der Waals surface area contributed by atoms with Crippen molar-refractivity contribution in [1.82, 2.24) is 9.97 Å². The Morgan fingerprint density at radius 1 is 1.06 bits per heavy atom. The highest BCUT2D eigenvalue weighted by Crippen LogP contribution is 2.21. The fourth-order valence-electron chi connectivity index (χ4n) is 1.25. The summed E-state index contributed by atoms with van der Waals surface area (Å²) in [5.74, 6) is -3.98. The minimum absolute atomic E-state index is 0.171. The molecule has 2 rings (SSSR count). The average Bonchev–Trinajstić information content (AvgIpc) is 2.25. The predicted molar refractivity (Wildman–Crippen MR) is 54.7 cm³/mol. The number of aromatic nitrogens is 2. The fraction of sp³-hybridized carbons (Fsp3) is 0. The minimum atomic E-state index is -1.49. The third kappa shape index (κ3) is 1.96. The van der Waals surface area contributed by atoms with Crippen molar-refractivity contribution in [2.75, 3.05) is 0 Å². The summed E-state index contributed by atoms with van der Waals surface area (Å²) in [5.41, 5.74) is 0.544. The molecule has 1 aromatic carbocycles. The number of rotatable bonds is 1. The van der Waals surface area contributed by atoms with Gasteiger partial charge in [0.2, 0.25) is 0 Å². The maximum atomic E-state index is 13.0. The minimum Gasteiger partial charge on any atom is -0.346 e. The van der Waals surface area contributed by atoms with Crippen molar-refractivity contribution in [1.29, 1.82) is 0 Å². The molecule has 6 heteroatoms. The van der Waals surface area contributed by atoms with E-state index in [0.717, 1.165) is 12.1 Å². The molecular formula is C10H5F3N2S. The molecule has 0 saturated carbocycles. The Kier molecular flexibility index (Phi) is 2.74. The molecule has 0 aliphatic rings. The Morgan fingerprint density at radius 2 is 1.69 bits per heavy atom. The summed E-state index contributed by atoms with van der Waals surface area (Å²) in [6.45, 7) is 0. The first kappa shape index (κ1) is 10.8. The van der Waals surface area contributed by atoms with Crippen LogP contribution in [0.1, 0.15) is 0 Å². The van der Waals surface area contributed by atoms with Crippen molar-refractivity contribution >= 4 is 12.2 Å². The molecular weight excluding hydrogens is 237 g/mol. The lowest BCUT2D eigenvalue weighted by Crippen LogP contribution is -1.93. The van der Waals surface area contributed by atoms with Gasteiger partial charge in [0.05, 0.1) is 6.33 Å². The van der Waals surface area contributed by atoms with Gasteiger partial charge in [-0.25, -0.2) is 18.2 Å². The molecule has 2 nitrogen and oxygen atoms in total. The number of hydrogen-bond acceptors (Lipinski definition) is 2. The molecule has 1 heterocycles. The van der Waals surface area contributed by atoms with Crippen molar-refractivity contribution < 1.29 is 13.2 Å². The highest BCUT2D eigenvalue weighted by atomic mass is 32.1. The predicted octanol–water partition coefficient (Wildman–Crippen LogP) is 3.22. The number of H-pyrrole nitrogens is 1. The Labute approximate surface area is 93.8 Å². The number of halogens is 3. The van der Waals surface area contributed by atoms with Crippen molar-refractivity contribution in [3.05, 3.63) is 46.6 Å². The quantitative estimate of drug-likeness (QED) is 0.614. The monoisotopic (exact) mass is 242 g/mol. The van der Waals surface area contributed by atoms with E-state index in [-0.39, 0.29) is 10.2 Å². The first-order valence-electron chi connectivity index (χ1n) is 4.27. The Bertz CT molecular complexity index is 572. The molecule has 0 fully saturated rings. The molecule has 82 valence electrons. The van der Waals surface area contributed by atoms with Crippen LogP contribution < -0.4 is 0 Å². The van der Waals surface area contributed by atoms with Crippen LogP contribution in [0, 0.1) is 22.1 Å². The van der Waals surface area contributed by atoms with Gasteiger partial charge in [0.1, 0.15) is 4.64 Å². The second-order valence-electron chi connectivity index (χ2n) is 3.05. The molecule has 0 radical (unpaired) electrons. The highest BCUT2D eigenvalue weighted by molar-refractivity contribution is 7.71. The molecule has 1 aromatic heterocycles. The SMILES string of the molecule is Fc1cc(-c2cc(=S)nc[nH]2)cc(F)c1F. The molecule has 0 atom stereocenters. The summed E-state index contributed by atoms with van der Waals surface area (Å²) < 4.78 is 38.9. The number of aromatic amines is 1. The summed E-state index contributed by atoms with van der Waals surface area (Å²) in [4.78, 5) is 6.39. The zero-order valence-electron chi connectivity index (χ0n) is 7.80. The molecule has 2 aromatic rings. The number of nitrogens with one attached hydrogen (secondary N) is 1. The van der Waals surface area contributed by atoms with Gasteiger partial charge in [0.15, 0.2) is 17.5 Å². The second-order valence-corrected chi connectivity index (χ2v) is 3.47. The van der Waals surface area contributed by atoms with E-state index in [4.69, 9.17) is 12.2 Å². The van der Waals surface area contributed by atoms with Crippen molar-refractivity contribution in [3.8, 4) is 11.3 Å². The second kappa shape index (κ2) is 4.05. The van der Waals surface area contributed by atoms with Gasteiger partial charge in [-0.1, -0.05) is 12.2 Å². The van der Waals surface area contributed by atoms with Gasteiger partial charge in [-0.3, -0.25) is 0 Å². The van der Waals surface area contributed by atoms with Crippen LogP contribution in [0.3, 0.4) is 0 Å². The zero-order chi connectivity index (χ0) is 11.7.